The SMILES string of the molecule is CNc1cncc(Nc2cc(Cl)cc(C(F)(F)F)c2)c1. The third-order valence-corrected chi connectivity index (χ3v) is 2.76. The van der Waals surface area contributed by atoms with Gasteiger partial charge < -0.3 is 10.6 Å². The number of nitrogens with zero attached hydrogens (tertiary/aromatic N) is 1. The Bertz CT molecular complexity index is 614. The summed E-state index contributed by atoms with van der Waals surface area (Å²) in [4.78, 5) is 3.97. The molecular weight excluding hydrogens is 291 g/mol. The lowest BCUT2D eigenvalue weighted by Crippen LogP contribution is -2.05. The molecule has 2 aromatic rings. The summed E-state index contributed by atoms with van der Waals surface area (Å²) in [6.45, 7) is 0. The van der Waals surface area contributed by atoms with Crippen LogP contribution in [-0.4, -0.2) is 12.0 Å². The Labute approximate surface area is 118 Å². The summed E-state index contributed by atoms with van der Waals surface area (Å²) in [5.41, 5.74) is 0.755. The number of aromatic nitrogens is 1. The van der Waals surface area contributed by atoms with E-state index in [-0.39, 0.29) is 10.7 Å². The van der Waals surface area contributed by atoms with Crippen LogP contribution in [0.3, 0.4) is 0 Å². The second-order valence-electron chi connectivity index (χ2n) is 4.06. The Morgan fingerprint density at radius 2 is 1.70 bits per heavy atom. The number of hydrogen-bond donors (Lipinski definition) is 2. The molecule has 0 aliphatic carbocycles. The van der Waals surface area contributed by atoms with Crippen LogP contribution in [0.15, 0.2) is 36.7 Å². The number of halogens is 4. The van der Waals surface area contributed by atoms with Gasteiger partial charge in [-0.3, -0.25) is 4.98 Å². The minimum atomic E-state index is -4.44. The molecule has 2 N–H and O–H groups in total. The highest BCUT2D eigenvalue weighted by Crippen LogP contribution is 2.34. The van der Waals surface area contributed by atoms with E-state index in [0.29, 0.717) is 5.69 Å². The zero-order chi connectivity index (χ0) is 14.8. The van der Waals surface area contributed by atoms with Crippen LogP contribution in [0, 0.1) is 0 Å². The molecule has 0 unspecified atom stereocenters. The molecule has 0 saturated heterocycles. The number of benzene rings is 1. The number of anilines is 3. The molecule has 20 heavy (non-hydrogen) atoms. The average Bonchev–Trinajstić information content (AvgIpc) is 2.37. The average molecular weight is 302 g/mol. The van der Waals surface area contributed by atoms with E-state index in [1.807, 2.05) is 0 Å². The second-order valence-corrected chi connectivity index (χ2v) is 4.50. The van der Waals surface area contributed by atoms with Gasteiger partial charge >= 0.3 is 6.18 Å². The van der Waals surface area contributed by atoms with Crippen LogP contribution in [0.2, 0.25) is 5.02 Å². The van der Waals surface area contributed by atoms with Gasteiger partial charge in [-0.25, -0.2) is 0 Å². The Morgan fingerprint density at radius 3 is 2.35 bits per heavy atom. The summed E-state index contributed by atoms with van der Waals surface area (Å²) in [6, 6.07) is 5.02. The van der Waals surface area contributed by atoms with Crippen molar-refractivity contribution < 1.29 is 13.2 Å². The number of hydrogen-bond acceptors (Lipinski definition) is 3. The summed E-state index contributed by atoms with van der Waals surface area (Å²) in [7, 11) is 1.72. The van der Waals surface area contributed by atoms with Crippen LogP contribution < -0.4 is 10.6 Å². The molecule has 1 aromatic heterocycles. The number of rotatable bonds is 3. The first-order valence-electron chi connectivity index (χ1n) is 5.66. The van der Waals surface area contributed by atoms with Gasteiger partial charge in [0.25, 0.3) is 0 Å². The third kappa shape index (κ3) is 3.54. The van der Waals surface area contributed by atoms with Crippen molar-refractivity contribution in [1.82, 2.24) is 4.98 Å². The molecule has 2 rings (SSSR count). The molecule has 0 fully saturated rings. The van der Waals surface area contributed by atoms with Crippen LogP contribution in [0.1, 0.15) is 5.56 Å². The smallest absolute Gasteiger partial charge is 0.387 e. The Balaban J connectivity index is 2.31. The third-order valence-electron chi connectivity index (χ3n) is 2.54. The van der Waals surface area contributed by atoms with Gasteiger partial charge in [-0.2, -0.15) is 13.2 Å². The first-order chi connectivity index (χ1) is 9.38. The molecule has 7 heteroatoms. The zero-order valence-corrected chi connectivity index (χ0v) is 11.2. The molecule has 0 spiro atoms. The van der Waals surface area contributed by atoms with Crippen molar-refractivity contribution >= 4 is 28.7 Å². The predicted octanol–water partition coefficient (Wildman–Crippen LogP) is 4.54. The Morgan fingerprint density at radius 1 is 1.00 bits per heavy atom. The molecule has 1 aromatic carbocycles. The van der Waals surface area contributed by atoms with Gasteiger partial charge in [0.15, 0.2) is 0 Å². The molecular formula is C13H11ClF3N3. The van der Waals surface area contributed by atoms with Crippen molar-refractivity contribution in [3.63, 3.8) is 0 Å². The van der Waals surface area contributed by atoms with E-state index < -0.39 is 11.7 Å². The van der Waals surface area contributed by atoms with Crippen LogP contribution in [0.25, 0.3) is 0 Å². The maximum atomic E-state index is 12.7. The highest BCUT2D eigenvalue weighted by atomic mass is 35.5. The summed E-state index contributed by atoms with van der Waals surface area (Å²) in [5.74, 6) is 0. The molecule has 0 amide bonds. The zero-order valence-electron chi connectivity index (χ0n) is 10.4. The summed E-state index contributed by atoms with van der Waals surface area (Å²) in [6.07, 6.45) is -1.33. The molecule has 106 valence electrons. The number of alkyl halides is 3. The summed E-state index contributed by atoms with van der Waals surface area (Å²) >= 11 is 5.71. The highest BCUT2D eigenvalue weighted by Gasteiger charge is 2.31. The van der Waals surface area contributed by atoms with Crippen LogP contribution in [-0.2, 0) is 6.18 Å². The highest BCUT2D eigenvalue weighted by molar-refractivity contribution is 6.31. The van der Waals surface area contributed by atoms with Gasteiger partial charge in [-0.1, -0.05) is 11.6 Å². The van der Waals surface area contributed by atoms with Crippen molar-refractivity contribution in [2.45, 2.75) is 6.18 Å². The van der Waals surface area contributed by atoms with Gasteiger partial charge in [-0.05, 0) is 24.3 Å². The first-order valence-corrected chi connectivity index (χ1v) is 6.04. The van der Waals surface area contributed by atoms with Crippen LogP contribution in [0.5, 0.6) is 0 Å². The topological polar surface area (TPSA) is 37.0 Å². The largest absolute Gasteiger partial charge is 0.416 e. The van der Waals surface area contributed by atoms with Gasteiger partial charge in [-0.15, -0.1) is 0 Å². The standard InChI is InChI=1S/C13H11ClF3N3/c1-18-11-5-12(7-19-6-11)20-10-3-8(13(15,16)17)2-9(14)4-10/h2-7,18,20H,1H3. The van der Waals surface area contributed by atoms with E-state index in [0.717, 1.165) is 17.8 Å². The van der Waals surface area contributed by atoms with E-state index in [1.54, 1.807) is 19.3 Å². The molecule has 0 aliphatic rings. The molecule has 1 heterocycles. The maximum absolute atomic E-state index is 12.7. The first kappa shape index (κ1) is 14.5. The normalized spacial score (nSPS) is 11.2. The monoisotopic (exact) mass is 301 g/mol. The Kier molecular flexibility index (Phi) is 4.04. The molecule has 0 radical (unpaired) electrons. The molecule has 0 bridgehead atoms. The predicted molar refractivity (Wildman–Crippen MR) is 73.5 cm³/mol. The minimum absolute atomic E-state index is 0.0139. The van der Waals surface area contributed by atoms with Gasteiger partial charge in [0.2, 0.25) is 0 Å². The minimum Gasteiger partial charge on any atom is -0.387 e. The lowest BCUT2D eigenvalue weighted by molar-refractivity contribution is -0.137. The number of pyridine rings is 1. The van der Waals surface area contributed by atoms with Gasteiger partial charge in [0, 0.05) is 17.8 Å². The van der Waals surface area contributed by atoms with Crippen LogP contribution >= 0.6 is 11.6 Å². The van der Waals surface area contributed by atoms with Crippen molar-refractivity contribution in [3.05, 3.63) is 47.2 Å². The molecule has 0 atom stereocenters. The van der Waals surface area contributed by atoms with Gasteiger partial charge in [0.1, 0.15) is 0 Å². The van der Waals surface area contributed by atoms with E-state index in [4.69, 9.17) is 11.6 Å². The van der Waals surface area contributed by atoms with Crippen molar-refractivity contribution in [1.29, 1.82) is 0 Å². The lowest BCUT2D eigenvalue weighted by atomic mass is 10.2. The molecule has 3 nitrogen and oxygen atoms in total. The lowest BCUT2D eigenvalue weighted by Gasteiger charge is -2.12. The summed E-state index contributed by atoms with van der Waals surface area (Å²) in [5, 5.41) is 5.75. The maximum Gasteiger partial charge on any atom is 0.416 e. The van der Waals surface area contributed by atoms with Gasteiger partial charge in [0.05, 0.1) is 29.3 Å². The second kappa shape index (κ2) is 5.58. The fourth-order valence-electron chi connectivity index (χ4n) is 1.64. The fraction of sp³-hybridized carbons (Fsp3) is 0.154. The molecule has 0 aliphatic heterocycles. The summed E-state index contributed by atoms with van der Waals surface area (Å²) < 4.78 is 38.1. The van der Waals surface area contributed by atoms with E-state index >= 15 is 0 Å². The van der Waals surface area contributed by atoms with Crippen molar-refractivity contribution in [2.75, 3.05) is 17.7 Å². The number of nitrogens with one attached hydrogen (secondary N) is 2. The Hall–Kier alpha value is -1.95. The van der Waals surface area contributed by atoms with E-state index in [2.05, 4.69) is 15.6 Å². The molecule has 0 saturated carbocycles. The van der Waals surface area contributed by atoms with E-state index in [1.165, 1.54) is 12.3 Å². The van der Waals surface area contributed by atoms with Crippen LogP contribution in [0.4, 0.5) is 30.2 Å². The van der Waals surface area contributed by atoms with Crippen molar-refractivity contribution in [2.24, 2.45) is 0 Å². The quantitative estimate of drug-likeness (QED) is 0.874. The fourth-order valence-corrected chi connectivity index (χ4v) is 1.87. The van der Waals surface area contributed by atoms with Crippen molar-refractivity contribution in [3.8, 4) is 0 Å². The van der Waals surface area contributed by atoms with E-state index in [9.17, 15) is 13.2 Å².